The van der Waals surface area contributed by atoms with Crippen molar-refractivity contribution >= 4 is 5.97 Å². The van der Waals surface area contributed by atoms with Gasteiger partial charge in [-0.25, -0.2) is 0 Å². The Morgan fingerprint density at radius 3 is 2.77 bits per heavy atom. The van der Waals surface area contributed by atoms with Crippen molar-refractivity contribution in [3.63, 3.8) is 0 Å². The van der Waals surface area contributed by atoms with Gasteiger partial charge in [0.1, 0.15) is 0 Å². The highest BCUT2D eigenvalue weighted by Gasteiger charge is 2.06. The fourth-order valence-corrected chi connectivity index (χ4v) is 0.873. The Kier molecular flexibility index (Phi) is 6.41. The number of aliphatic carboxylic acids is 1. The van der Waals surface area contributed by atoms with E-state index >= 15 is 0 Å². The molecule has 0 aromatic carbocycles. The molecule has 0 spiro atoms. The first-order valence-corrected chi connectivity index (χ1v) is 3.98. The van der Waals surface area contributed by atoms with Crippen LogP contribution >= 0.6 is 0 Å². The predicted octanol–water partition coefficient (Wildman–Crippen LogP) is 0.420. The van der Waals surface area contributed by atoms with Crippen LogP contribution in [0, 0.1) is 24.2 Å². The second-order valence-corrected chi connectivity index (χ2v) is 2.49. The molecule has 0 radical (unpaired) electrons. The van der Waals surface area contributed by atoms with E-state index in [1.165, 1.54) is 0 Å². The SMILES string of the molecule is C#CCN(CCC#CC)CC(=O)O. The van der Waals surface area contributed by atoms with Gasteiger partial charge in [-0.3, -0.25) is 9.69 Å². The van der Waals surface area contributed by atoms with Gasteiger partial charge in [-0.15, -0.1) is 18.3 Å². The third-order valence-electron chi connectivity index (χ3n) is 1.40. The molecule has 0 unspecified atom stereocenters. The number of terminal acetylenes is 1. The Morgan fingerprint density at radius 1 is 1.62 bits per heavy atom. The largest absolute Gasteiger partial charge is 0.480 e. The molecule has 0 saturated carbocycles. The minimum Gasteiger partial charge on any atom is -0.480 e. The zero-order chi connectivity index (χ0) is 10.1. The monoisotopic (exact) mass is 179 g/mol. The molecule has 0 aliphatic carbocycles. The number of carboxylic acid groups (broad SMARTS) is 1. The fraction of sp³-hybridized carbons (Fsp3) is 0.500. The van der Waals surface area contributed by atoms with E-state index in [9.17, 15) is 4.79 Å². The average molecular weight is 179 g/mol. The molecular formula is C10H13NO2. The summed E-state index contributed by atoms with van der Waals surface area (Å²) in [6, 6.07) is 0. The highest BCUT2D eigenvalue weighted by molar-refractivity contribution is 5.69. The second kappa shape index (κ2) is 7.21. The van der Waals surface area contributed by atoms with Crippen LogP contribution in [0.1, 0.15) is 13.3 Å². The van der Waals surface area contributed by atoms with E-state index < -0.39 is 5.97 Å². The molecule has 0 amide bonds. The van der Waals surface area contributed by atoms with Crippen molar-refractivity contribution in [2.24, 2.45) is 0 Å². The molecule has 0 fully saturated rings. The molecule has 3 heteroatoms. The third-order valence-corrected chi connectivity index (χ3v) is 1.40. The van der Waals surface area contributed by atoms with Crippen LogP contribution in [0.15, 0.2) is 0 Å². The van der Waals surface area contributed by atoms with Crippen molar-refractivity contribution < 1.29 is 9.90 Å². The van der Waals surface area contributed by atoms with Gasteiger partial charge in [0, 0.05) is 13.0 Å². The lowest BCUT2D eigenvalue weighted by Crippen LogP contribution is -2.30. The summed E-state index contributed by atoms with van der Waals surface area (Å²) >= 11 is 0. The molecule has 13 heavy (non-hydrogen) atoms. The number of carbonyl (C=O) groups is 1. The lowest BCUT2D eigenvalue weighted by Gasteiger charge is -2.14. The summed E-state index contributed by atoms with van der Waals surface area (Å²) in [7, 11) is 0. The normalized spacial score (nSPS) is 8.69. The lowest BCUT2D eigenvalue weighted by atomic mass is 10.3. The van der Waals surface area contributed by atoms with Crippen molar-refractivity contribution in [2.75, 3.05) is 19.6 Å². The van der Waals surface area contributed by atoms with Gasteiger partial charge in [0.25, 0.3) is 0 Å². The van der Waals surface area contributed by atoms with Gasteiger partial charge in [0.05, 0.1) is 13.1 Å². The molecule has 0 aliphatic heterocycles. The number of nitrogens with zero attached hydrogens (tertiary/aromatic N) is 1. The predicted molar refractivity (Wildman–Crippen MR) is 51.0 cm³/mol. The maximum Gasteiger partial charge on any atom is 0.317 e. The van der Waals surface area contributed by atoms with Gasteiger partial charge < -0.3 is 5.11 Å². The molecule has 1 N–H and O–H groups in total. The van der Waals surface area contributed by atoms with E-state index in [4.69, 9.17) is 11.5 Å². The van der Waals surface area contributed by atoms with E-state index in [-0.39, 0.29) is 6.54 Å². The van der Waals surface area contributed by atoms with E-state index in [2.05, 4.69) is 17.8 Å². The smallest absolute Gasteiger partial charge is 0.317 e. The number of hydrogen-bond acceptors (Lipinski definition) is 2. The van der Waals surface area contributed by atoms with Crippen LogP contribution in [0.5, 0.6) is 0 Å². The number of rotatable bonds is 5. The fourth-order valence-electron chi connectivity index (χ4n) is 0.873. The highest BCUT2D eigenvalue weighted by Crippen LogP contribution is 1.89. The van der Waals surface area contributed by atoms with Crippen molar-refractivity contribution in [2.45, 2.75) is 13.3 Å². The van der Waals surface area contributed by atoms with Gasteiger partial charge in [-0.1, -0.05) is 5.92 Å². The second-order valence-electron chi connectivity index (χ2n) is 2.49. The van der Waals surface area contributed by atoms with Crippen LogP contribution in [0.2, 0.25) is 0 Å². The maximum absolute atomic E-state index is 10.4. The molecule has 70 valence electrons. The molecule has 0 rings (SSSR count). The first-order valence-electron chi connectivity index (χ1n) is 3.98. The van der Waals surface area contributed by atoms with Crippen LogP contribution < -0.4 is 0 Å². The molecular weight excluding hydrogens is 166 g/mol. The van der Waals surface area contributed by atoms with E-state index in [0.717, 1.165) is 0 Å². The summed E-state index contributed by atoms with van der Waals surface area (Å²) in [5.41, 5.74) is 0. The van der Waals surface area contributed by atoms with Gasteiger partial charge in [-0.05, 0) is 6.92 Å². The summed E-state index contributed by atoms with van der Waals surface area (Å²) in [5, 5.41) is 8.52. The number of carboxylic acids is 1. The summed E-state index contributed by atoms with van der Waals surface area (Å²) in [6.45, 7) is 2.70. The topological polar surface area (TPSA) is 40.5 Å². The highest BCUT2D eigenvalue weighted by atomic mass is 16.4. The van der Waals surface area contributed by atoms with Crippen LogP contribution in [-0.2, 0) is 4.79 Å². The Hall–Kier alpha value is -1.45. The average Bonchev–Trinajstić information content (AvgIpc) is 2.04. The lowest BCUT2D eigenvalue weighted by molar-refractivity contribution is -0.138. The van der Waals surface area contributed by atoms with Crippen LogP contribution in [0.3, 0.4) is 0 Å². The summed E-state index contributed by atoms with van der Waals surface area (Å²) < 4.78 is 0. The van der Waals surface area contributed by atoms with E-state index in [1.54, 1.807) is 11.8 Å². The summed E-state index contributed by atoms with van der Waals surface area (Å²) in [6.07, 6.45) is 5.75. The molecule has 0 saturated heterocycles. The molecule has 3 nitrogen and oxygen atoms in total. The molecule has 0 aliphatic rings. The van der Waals surface area contributed by atoms with Gasteiger partial charge in [0.2, 0.25) is 0 Å². The summed E-state index contributed by atoms with van der Waals surface area (Å²) in [4.78, 5) is 12.0. The van der Waals surface area contributed by atoms with Crippen LogP contribution in [0.4, 0.5) is 0 Å². The maximum atomic E-state index is 10.4. The molecule has 0 aromatic rings. The zero-order valence-electron chi connectivity index (χ0n) is 7.71. The standard InChI is InChI=1S/C10H13NO2/c1-3-5-6-8-11(7-4-2)9-10(12)13/h2H,6-9H2,1H3,(H,12,13). The van der Waals surface area contributed by atoms with Crippen molar-refractivity contribution in [1.29, 1.82) is 0 Å². The Morgan fingerprint density at radius 2 is 2.31 bits per heavy atom. The van der Waals surface area contributed by atoms with Gasteiger partial charge >= 0.3 is 5.97 Å². The number of hydrogen-bond donors (Lipinski definition) is 1. The Balaban J connectivity index is 3.85. The zero-order valence-corrected chi connectivity index (χ0v) is 7.71. The summed E-state index contributed by atoms with van der Waals surface area (Å²) in [5.74, 6) is 7.15. The molecule has 0 bridgehead atoms. The molecule has 0 aromatic heterocycles. The van der Waals surface area contributed by atoms with Gasteiger partial charge in [0.15, 0.2) is 0 Å². The van der Waals surface area contributed by atoms with Crippen molar-refractivity contribution in [1.82, 2.24) is 4.90 Å². The van der Waals surface area contributed by atoms with E-state index in [1.807, 2.05) is 0 Å². The minimum atomic E-state index is -0.861. The molecule has 0 heterocycles. The van der Waals surface area contributed by atoms with Gasteiger partial charge in [-0.2, -0.15) is 0 Å². The van der Waals surface area contributed by atoms with Crippen molar-refractivity contribution in [3.05, 3.63) is 0 Å². The molecule has 0 atom stereocenters. The minimum absolute atomic E-state index is 0.0183. The first-order chi connectivity index (χ1) is 6.20. The third kappa shape index (κ3) is 6.93. The van der Waals surface area contributed by atoms with Crippen molar-refractivity contribution in [3.8, 4) is 24.2 Å². The quantitative estimate of drug-likeness (QED) is 0.622. The Bertz CT molecular complexity index is 254. The van der Waals surface area contributed by atoms with Crippen LogP contribution in [-0.4, -0.2) is 35.6 Å². The first kappa shape index (κ1) is 11.6. The van der Waals surface area contributed by atoms with Crippen LogP contribution in [0.25, 0.3) is 0 Å². The van der Waals surface area contributed by atoms with E-state index in [0.29, 0.717) is 19.5 Å². The Labute approximate surface area is 78.7 Å².